The average Bonchev–Trinajstić information content (AvgIpc) is 3.79. The van der Waals surface area contributed by atoms with Crippen molar-refractivity contribution in [3.05, 3.63) is 75.8 Å². The Kier molecular flexibility index (Phi) is 11.8. The van der Waals surface area contributed by atoms with Crippen LogP contribution in [0.15, 0.2) is 49.1 Å². The van der Waals surface area contributed by atoms with Crippen LogP contribution in [0, 0.1) is 11.8 Å². The van der Waals surface area contributed by atoms with Crippen LogP contribution in [0.5, 0.6) is 5.75 Å². The molecule has 3 saturated heterocycles. The van der Waals surface area contributed by atoms with Crippen LogP contribution in [-0.4, -0.2) is 128 Å². The van der Waals surface area contributed by atoms with Gasteiger partial charge < -0.3 is 29.7 Å². The van der Waals surface area contributed by atoms with E-state index in [1.165, 1.54) is 6.07 Å². The quantitative estimate of drug-likeness (QED) is 0.172. The van der Waals surface area contributed by atoms with Gasteiger partial charge in [0.15, 0.2) is 18.1 Å². The number of aromatic nitrogens is 4. The van der Waals surface area contributed by atoms with Crippen molar-refractivity contribution in [2.45, 2.75) is 69.5 Å². The predicted molar refractivity (Wildman–Crippen MR) is 227 cm³/mol. The Labute approximate surface area is 366 Å². The molecule has 5 aliphatic rings. The number of carbonyl (C=O) groups is 6. The van der Waals surface area contributed by atoms with Crippen LogP contribution < -0.4 is 20.7 Å². The zero-order chi connectivity index (χ0) is 43.1. The number of hydrogen-bond donors (Lipinski definition) is 3. The maximum absolute atomic E-state index is 13.4. The van der Waals surface area contributed by atoms with Crippen LogP contribution in [0.1, 0.15) is 88.5 Å². The standard InChI is InChI=1S/C43H46Cl2N10O7/c44-29-4-2-5-30(45)36(29)41(59)50-26-17-27(18-26)54-23-49-37-38(47-22-48-39(37)54)46-19-24-9-13-52(14-10-24)20-25-11-15-53(16-12-25)34(57)21-62-32-6-1-3-28-35(32)43(61)55(42(28)60)31-7-8-33(56)51-40(31)58/h1-6,22-27,31H,7-21H2,(H,50,59)(H,46,47,48)(H,51,56,58). The van der Waals surface area contributed by atoms with Crippen molar-refractivity contribution in [1.29, 1.82) is 0 Å². The van der Waals surface area contributed by atoms with Crippen molar-refractivity contribution in [1.82, 2.24) is 44.9 Å². The zero-order valence-electron chi connectivity index (χ0n) is 33.9. The maximum atomic E-state index is 13.4. The third-order valence-electron chi connectivity index (χ3n) is 12.9. The van der Waals surface area contributed by atoms with Crippen LogP contribution in [0.3, 0.4) is 0 Å². The highest BCUT2D eigenvalue weighted by molar-refractivity contribution is 6.39. The molecule has 62 heavy (non-hydrogen) atoms. The van der Waals surface area contributed by atoms with Crippen molar-refractivity contribution < 1.29 is 33.5 Å². The molecule has 1 aliphatic carbocycles. The van der Waals surface area contributed by atoms with Gasteiger partial charge in [0.2, 0.25) is 11.8 Å². The molecular weight excluding hydrogens is 839 g/mol. The maximum Gasteiger partial charge on any atom is 0.266 e. The van der Waals surface area contributed by atoms with Gasteiger partial charge in [-0.1, -0.05) is 35.3 Å². The first kappa shape index (κ1) is 41.7. The number of piperidine rings is 3. The summed E-state index contributed by atoms with van der Waals surface area (Å²) in [4.78, 5) is 95.6. The number of likely N-dealkylation sites (tertiary alicyclic amines) is 2. The van der Waals surface area contributed by atoms with Crippen molar-refractivity contribution in [3.63, 3.8) is 0 Å². The molecule has 2 aromatic carbocycles. The van der Waals surface area contributed by atoms with E-state index < -0.39 is 29.7 Å². The molecule has 324 valence electrons. The second-order valence-electron chi connectivity index (χ2n) is 16.8. The molecule has 1 atom stereocenters. The van der Waals surface area contributed by atoms with E-state index in [-0.39, 0.29) is 65.8 Å². The Morgan fingerprint density at radius 2 is 1.58 bits per heavy atom. The van der Waals surface area contributed by atoms with Gasteiger partial charge in [0, 0.05) is 44.7 Å². The van der Waals surface area contributed by atoms with E-state index in [0.717, 1.165) is 80.8 Å². The van der Waals surface area contributed by atoms with Gasteiger partial charge in [-0.25, -0.2) is 15.0 Å². The molecule has 4 aromatic rings. The molecule has 1 unspecified atom stereocenters. The van der Waals surface area contributed by atoms with Crippen molar-refractivity contribution in [3.8, 4) is 5.75 Å². The number of halogens is 2. The molecule has 3 N–H and O–H groups in total. The summed E-state index contributed by atoms with van der Waals surface area (Å²) in [7, 11) is 0. The van der Waals surface area contributed by atoms with Crippen molar-refractivity contribution >= 4 is 75.6 Å². The molecule has 9 rings (SSSR count). The van der Waals surface area contributed by atoms with Crippen molar-refractivity contribution in [2.75, 3.05) is 51.2 Å². The topological polar surface area (TPSA) is 201 Å². The average molecular weight is 886 g/mol. The number of nitrogens with zero attached hydrogens (tertiary/aromatic N) is 7. The van der Waals surface area contributed by atoms with E-state index in [0.29, 0.717) is 40.8 Å². The summed E-state index contributed by atoms with van der Waals surface area (Å²) in [5.74, 6) is -1.12. The van der Waals surface area contributed by atoms with E-state index >= 15 is 0 Å². The second-order valence-corrected chi connectivity index (χ2v) is 17.6. The number of fused-ring (bicyclic) bond motifs is 2. The Morgan fingerprint density at radius 1 is 0.855 bits per heavy atom. The number of amides is 6. The minimum atomic E-state index is -1.08. The predicted octanol–water partition coefficient (Wildman–Crippen LogP) is 4.11. The summed E-state index contributed by atoms with van der Waals surface area (Å²) >= 11 is 12.5. The van der Waals surface area contributed by atoms with Gasteiger partial charge in [-0.05, 0) is 94.1 Å². The summed E-state index contributed by atoms with van der Waals surface area (Å²) in [5.41, 5.74) is 1.91. The van der Waals surface area contributed by atoms with Crippen molar-refractivity contribution in [2.24, 2.45) is 11.8 Å². The summed E-state index contributed by atoms with van der Waals surface area (Å²) in [6, 6.07) is 8.67. The number of imide groups is 2. The van der Waals surface area contributed by atoms with E-state index in [1.54, 1.807) is 47.9 Å². The Balaban J connectivity index is 0.693. The molecule has 19 heteroatoms. The first-order chi connectivity index (χ1) is 30.0. The van der Waals surface area contributed by atoms with Crippen LogP contribution in [0.25, 0.3) is 11.2 Å². The first-order valence-corrected chi connectivity index (χ1v) is 21.9. The lowest BCUT2D eigenvalue weighted by Gasteiger charge is -2.37. The normalized spacial score (nSPS) is 22.4. The highest BCUT2D eigenvalue weighted by atomic mass is 35.5. The van der Waals surface area contributed by atoms with Crippen LogP contribution in [0.2, 0.25) is 10.0 Å². The number of ether oxygens (including phenoxy) is 1. The largest absolute Gasteiger partial charge is 0.483 e. The second kappa shape index (κ2) is 17.6. The van der Waals surface area contributed by atoms with Crippen LogP contribution in [0.4, 0.5) is 5.82 Å². The molecule has 17 nitrogen and oxygen atoms in total. The number of hydrogen-bond acceptors (Lipinski definition) is 12. The highest BCUT2D eigenvalue weighted by Gasteiger charge is 2.46. The van der Waals surface area contributed by atoms with Gasteiger partial charge in [0.05, 0.1) is 33.1 Å². The summed E-state index contributed by atoms with van der Waals surface area (Å²) in [5, 5.41) is 9.42. The van der Waals surface area contributed by atoms with Gasteiger partial charge >= 0.3 is 0 Å². The van der Waals surface area contributed by atoms with E-state index in [1.807, 2.05) is 0 Å². The number of nitrogens with one attached hydrogen (secondary N) is 3. The third kappa shape index (κ3) is 8.32. The monoisotopic (exact) mass is 884 g/mol. The fourth-order valence-corrected chi connectivity index (χ4v) is 9.90. The van der Waals surface area contributed by atoms with Gasteiger partial charge in [-0.2, -0.15) is 0 Å². The minimum absolute atomic E-state index is 0.0117. The molecule has 6 heterocycles. The summed E-state index contributed by atoms with van der Waals surface area (Å²) in [6.45, 7) is 4.71. The van der Waals surface area contributed by atoms with Crippen LogP contribution >= 0.6 is 23.2 Å². The van der Waals surface area contributed by atoms with Gasteiger partial charge in [-0.3, -0.25) is 39.0 Å². The molecule has 4 fully saturated rings. The third-order valence-corrected chi connectivity index (χ3v) is 13.6. The summed E-state index contributed by atoms with van der Waals surface area (Å²) in [6.07, 6.45) is 8.79. The Morgan fingerprint density at radius 3 is 2.32 bits per heavy atom. The minimum Gasteiger partial charge on any atom is -0.483 e. The number of benzene rings is 2. The molecule has 2 aromatic heterocycles. The fourth-order valence-electron chi connectivity index (χ4n) is 9.33. The fraction of sp³-hybridized carbons (Fsp3) is 0.465. The number of carbonyl (C=O) groups excluding carboxylic acids is 6. The molecule has 0 radical (unpaired) electrons. The Hall–Kier alpha value is -5.65. The van der Waals surface area contributed by atoms with E-state index in [2.05, 4.69) is 40.4 Å². The van der Waals surface area contributed by atoms with Gasteiger partial charge in [0.1, 0.15) is 23.6 Å². The molecule has 6 amide bonds. The highest BCUT2D eigenvalue weighted by Crippen LogP contribution is 2.37. The number of rotatable bonds is 12. The zero-order valence-corrected chi connectivity index (χ0v) is 35.4. The molecule has 0 bridgehead atoms. The van der Waals surface area contributed by atoms with E-state index in [9.17, 15) is 28.8 Å². The van der Waals surface area contributed by atoms with E-state index in [4.69, 9.17) is 27.9 Å². The number of anilines is 1. The SMILES string of the molecule is O=C1CCC(N2C(=O)c3cccc(OCC(=O)N4CCC(CN5CCC(CNc6ncnc7c6ncn7C6CC(NC(=O)c7c(Cl)cccc7Cl)C6)CC5)CC4)c3C2=O)C(=O)N1. The Bertz CT molecular complexity index is 2420. The van der Waals surface area contributed by atoms with Gasteiger partial charge in [0.25, 0.3) is 23.6 Å². The first-order valence-electron chi connectivity index (χ1n) is 21.2. The van der Waals surface area contributed by atoms with Gasteiger partial charge in [-0.15, -0.1) is 0 Å². The lowest BCUT2D eigenvalue weighted by Crippen LogP contribution is -2.54. The number of imidazole rings is 1. The smallest absolute Gasteiger partial charge is 0.266 e. The summed E-state index contributed by atoms with van der Waals surface area (Å²) < 4.78 is 7.91. The molecule has 1 saturated carbocycles. The molecule has 4 aliphatic heterocycles. The molecule has 0 spiro atoms. The lowest BCUT2D eigenvalue weighted by atomic mass is 9.86. The van der Waals surface area contributed by atoms with Crippen LogP contribution in [-0.2, 0) is 14.4 Å². The molecular formula is C43H46Cl2N10O7. The lowest BCUT2D eigenvalue weighted by molar-refractivity contribution is -0.136.